The van der Waals surface area contributed by atoms with Crippen molar-refractivity contribution >= 4 is 28.8 Å². The fourth-order valence-electron chi connectivity index (χ4n) is 13.2. The number of aromatic carboxylic acids is 1. The maximum absolute atomic E-state index is 14.3. The molecule has 4 nitrogen and oxygen atoms in total. The molecule has 9 atom stereocenters. The second-order valence-electron chi connectivity index (χ2n) is 17.5. The predicted molar refractivity (Wildman–Crippen MR) is 192 cm³/mol. The van der Waals surface area contributed by atoms with Crippen LogP contribution in [0.15, 0.2) is 60.0 Å². The zero-order chi connectivity index (χ0) is 33.6. The number of hydrogen-bond acceptors (Lipinski definition) is 3. The quantitative estimate of drug-likeness (QED) is 0.305. The number of thiophene rings is 1. The van der Waals surface area contributed by atoms with Gasteiger partial charge in [-0.05, 0) is 151 Å². The third kappa shape index (κ3) is 4.64. The molecule has 47 heavy (non-hydrogen) atoms. The van der Waals surface area contributed by atoms with Crippen molar-refractivity contribution in [2.75, 3.05) is 0 Å². The maximum Gasteiger partial charge on any atom is 0.335 e. The van der Waals surface area contributed by atoms with Gasteiger partial charge >= 0.3 is 5.97 Å². The van der Waals surface area contributed by atoms with Crippen molar-refractivity contribution in [1.29, 1.82) is 0 Å². The van der Waals surface area contributed by atoms with Gasteiger partial charge in [0.15, 0.2) is 0 Å². The highest BCUT2D eigenvalue weighted by Gasteiger charge is 2.71. The van der Waals surface area contributed by atoms with Crippen LogP contribution < -0.4 is 5.32 Å². The first-order chi connectivity index (χ1) is 22.2. The lowest BCUT2D eigenvalue weighted by Crippen LogP contribution is -2.66. The van der Waals surface area contributed by atoms with Crippen LogP contribution in [0.25, 0.3) is 5.57 Å². The Kier molecular flexibility index (Phi) is 7.82. The van der Waals surface area contributed by atoms with E-state index in [9.17, 15) is 14.7 Å². The second-order valence-corrected chi connectivity index (χ2v) is 18.6. The molecule has 1 aromatic heterocycles. The van der Waals surface area contributed by atoms with Crippen LogP contribution in [-0.2, 0) is 11.3 Å². The van der Waals surface area contributed by atoms with Crippen molar-refractivity contribution in [1.82, 2.24) is 5.32 Å². The Morgan fingerprint density at radius 3 is 2.32 bits per heavy atom. The zero-order valence-corrected chi connectivity index (χ0v) is 30.3. The fourth-order valence-corrected chi connectivity index (χ4v) is 13.8. The van der Waals surface area contributed by atoms with Gasteiger partial charge in [0, 0.05) is 4.88 Å². The number of allylic oxidation sites excluding steroid dienone is 3. The van der Waals surface area contributed by atoms with E-state index in [1.165, 1.54) is 47.3 Å². The van der Waals surface area contributed by atoms with Gasteiger partial charge in [-0.1, -0.05) is 71.0 Å². The normalized spacial score (nSPS) is 40.2. The molecule has 1 heterocycles. The summed E-state index contributed by atoms with van der Waals surface area (Å²) in [6, 6.07) is 11.8. The standard InChI is InChI=1S/C42H55NO3S/c1-26(2)30-16-21-42(37(46)43-25-29-9-8-24-47-29)23-22-40(6)32(35(30)42)14-15-34-39(5)19-17-31(27-10-12-28(13-11-27)36(44)45)38(3,4)33(39)18-20-41(34,40)7/h8-13,17,24,30,32-35H,1,14-16,18-23,25H2,2-7H3,(H,43,46)(H,44,45)/t30-,32+,33-,34+,35+,39-,40+,41+,42-/m0/s1. The Bertz CT molecular complexity index is 1600. The van der Waals surface area contributed by atoms with E-state index in [4.69, 9.17) is 0 Å². The Labute approximate surface area is 286 Å². The van der Waals surface area contributed by atoms with Crippen LogP contribution in [0.4, 0.5) is 0 Å². The lowest BCUT2D eigenvalue weighted by Gasteiger charge is -2.72. The number of fused-ring (bicyclic) bond motifs is 7. The minimum absolute atomic E-state index is 0.00427. The zero-order valence-electron chi connectivity index (χ0n) is 29.5. The largest absolute Gasteiger partial charge is 0.478 e. The van der Waals surface area contributed by atoms with Gasteiger partial charge in [-0.3, -0.25) is 4.79 Å². The van der Waals surface area contributed by atoms with Gasteiger partial charge in [-0.25, -0.2) is 4.79 Å². The summed E-state index contributed by atoms with van der Waals surface area (Å²) in [6.07, 6.45) is 12.7. The molecule has 0 aliphatic heterocycles. The molecule has 1 amide bonds. The van der Waals surface area contributed by atoms with Crippen LogP contribution in [0.5, 0.6) is 0 Å². The monoisotopic (exact) mass is 653 g/mol. The van der Waals surface area contributed by atoms with Gasteiger partial charge in [-0.2, -0.15) is 0 Å². The molecule has 0 unspecified atom stereocenters. The number of benzene rings is 1. The first kappa shape index (κ1) is 32.9. The summed E-state index contributed by atoms with van der Waals surface area (Å²) in [5.41, 5.74) is 4.48. The van der Waals surface area contributed by atoms with Crippen molar-refractivity contribution < 1.29 is 14.7 Å². The summed E-state index contributed by atoms with van der Waals surface area (Å²) >= 11 is 1.72. The van der Waals surface area contributed by atoms with Gasteiger partial charge in [0.25, 0.3) is 0 Å². The van der Waals surface area contributed by atoms with E-state index in [1.807, 2.05) is 12.1 Å². The average Bonchev–Trinajstić information content (AvgIpc) is 3.69. The van der Waals surface area contributed by atoms with Crippen LogP contribution in [-0.4, -0.2) is 17.0 Å². The van der Waals surface area contributed by atoms with E-state index in [0.29, 0.717) is 47.6 Å². The van der Waals surface area contributed by atoms with Gasteiger partial charge < -0.3 is 10.4 Å². The number of carbonyl (C=O) groups is 2. The molecule has 5 heteroatoms. The SMILES string of the molecule is C=C(C)[C@@H]1CC[C@]2(C(=O)NCc3cccs3)CC[C@]3(C)[C@H](CC[C@@H]4[C@@]5(C)CC=C(c6ccc(C(=O)O)cc6)C(C)(C)[C@@H]5CC[C@]43C)[C@@H]12. The summed E-state index contributed by atoms with van der Waals surface area (Å²) in [6.45, 7) is 20.2. The van der Waals surface area contributed by atoms with Crippen LogP contribution in [0.3, 0.4) is 0 Å². The molecule has 7 rings (SSSR count). The van der Waals surface area contributed by atoms with E-state index in [-0.39, 0.29) is 27.1 Å². The Morgan fingerprint density at radius 2 is 1.66 bits per heavy atom. The van der Waals surface area contributed by atoms with Crippen molar-refractivity contribution in [2.24, 2.45) is 56.7 Å². The van der Waals surface area contributed by atoms with Crippen molar-refractivity contribution in [3.8, 4) is 0 Å². The van der Waals surface area contributed by atoms with Crippen LogP contribution in [0.1, 0.15) is 120 Å². The van der Waals surface area contributed by atoms with E-state index < -0.39 is 5.97 Å². The van der Waals surface area contributed by atoms with Crippen LogP contribution in [0, 0.1) is 56.7 Å². The average molecular weight is 654 g/mol. The lowest BCUT2D eigenvalue weighted by molar-refractivity contribution is -0.225. The summed E-state index contributed by atoms with van der Waals surface area (Å²) in [7, 11) is 0. The third-order valence-corrected chi connectivity index (χ3v) is 16.4. The van der Waals surface area contributed by atoms with E-state index >= 15 is 0 Å². The molecular weight excluding hydrogens is 599 g/mol. The van der Waals surface area contributed by atoms with Gasteiger partial charge in [0.1, 0.15) is 0 Å². The van der Waals surface area contributed by atoms with Crippen LogP contribution >= 0.6 is 11.3 Å². The number of nitrogens with one attached hydrogen (secondary N) is 1. The summed E-state index contributed by atoms with van der Waals surface area (Å²) in [4.78, 5) is 27.1. The highest BCUT2D eigenvalue weighted by molar-refractivity contribution is 7.09. The number of rotatable bonds is 6. The smallest absolute Gasteiger partial charge is 0.335 e. The third-order valence-electron chi connectivity index (χ3n) is 15.5. The number of carboxylic acid groups (broad SMARTS) is 1. The molecule has 4 saturated carbocycles. The fraction of sp³-hybridized carbons (Fsp3) is 0.619. The number of carbonyl (C=O) groups excluding carboxylic acids is 1. The van der Waals surface area contributed by atoms with Gasteiger partial charge in [0.05, 0.1) is 17.5 Å². The molecule has 0 bridgehead atoms. The number of hydrogen-bond donors (Lipinski definition) is 2. The molecule has 0 spiro atoms. The summed E-state index contributed by atoms with van der Waals surface area (Å²) < 4.78 is 0. The molecular formula is C42H55NO3S. The first-order valence-corrected chi connectivity index (χ1v) is 19.1. The molecule has 5 aliphatic rings. The topological polar surface area (TPSA) is 66.4 Å². The highest BCUT2D eigenvalue weighted by Crippen LogP contribution is 2.77. The first-order valence-electron chi connectivity index (χ1n) is 18.2. The minimum Gasteiger partial charge on any atom is -0.478 e. The van der Waals surface area contributed by atoms with E-state index in [2.05, 4.69) is 77.0 Å². The molecule has 0 radical (unpaired) electrons. The van der Waals surface area contributed by atoms with E-state index in [1.54, 1.807) is 23.5 Å². The Morgan fingerprint density at radius 1 is 0.915 bits per heavy atom. The molecule has 0 saturated heterocycles. The highest BCUT2D eigenvalue weighted by atomic mass is 32.1. The number of amides is 1. The molecule has 2 N–H and O–H groups in total. The van der Waals surface area contributed by atoms with Gasteiger partial charge in [-0.15, -0.1) is 11.3 Å². The molecule has 4 fully saturated rings. The van der Waals surface area contributed by atoms with Crippen molar-refractivity contribution in [3.05, 3.63) is 76.0 Å². The van der Waals surface area contributed by atoms with E-state index in [0.717, 1.165) is 32.1 Å². The Balaban J connectivity index is 1.21. The number of carboxylic acids is 1. The lowest BCUT2D eigenvalue weighted by atomic mass is 9.32. The predicted octanol–water partition coefficient (Wildman–Crippen LogP) is 10.4. The summed E-state index contributed by atoms with van der Waals surface area (Å²) in [5, 5.41) is 15.0. The maximum atomic E-state index is 14.3. The van der Waals surface area contributed by atoms with Gasteiger partial charge in [0.2, 0.25) is 5.91 Å². The Hall–Kier alpha value is -2.66. The molecule has 2 aromatic rings. The van der Waals surface area contributed by atoms with Crippen molar-refractivity contribution in [3.63, 3.8) is 0 Å². The molecule has 252 valence electrons. The second kappa shape index (κ2) is 11.2. The van der Waals surface area contributed by atoms with Crippen LogP contribution in [0.2, 0.25) is 0 Å². The minimum atomic E-state index is -0.872. The molecule has 1 aromatic carbocycles. The summed E-state index contributed by atoms with van der Waals surface area (Å²) in [5.74, 6) is 1.94. The molecule has 5 aliphatic carbocycles. The van der Waals surface area contributed by atoms with Crippen molar-refractivity contribution in [2.45, 2.75) is 106 Å².